The zero-order valence-corrected chi connectivity index (χ0v) is 17.4. The summed E-state index contributed by atoms with van der Waals surface area (Å²) in [5.41, 5.74) is -0.158. The molecule has 1 aliphatic heterocycles. The molecule has 4 N–H and O–H groups in total. The van der Waals surface area contributed by atoms with Crippen LogP contribution in [0.25, 0.3) is 0 Å². The van der Waals surface area contributed by atoms with Gasteiger partial charge < -0.3 is 20.4 Å². The summed E-state index contributed by atoms with van der Waals surface area (Å²) in [6.07, 6.45) is 1.07. The molecule has 142 valence electrons. The summed E-state index contributed by atoms with van der Waals surface area (Å²) in [6.45, 7) is 14.6. The van der Waals surface area contributed by atoms with E-state index in [1.165, 1.54) is 9.80 Å². The summed E-state index contributed by atoms with van der Waals surface area (Å²) in [5.74, 6) is 0.138. The van der Waals surface area contributed by atoms with Crippen molar-refractivity contribution in [1.29, 1.82) is 0 Å². The number of quaternary nitrogens is 2. The number of carbonyl (C=O) groups excluding carboxylic acids is 1. The molecule has 0 radical (unpaired) electrons. The predicted octanol–water partition coefficient (Wildman–Crippen LogP) is -0.848. The van der Waals surface area contributed by atoms with E-state index in [2.05, 4.69) is 22.7 Å². The van der Waals surface area contributed by atoms with Crippen molar-refractivity contribution >= 4 is 34.6 Å². The van der Waals surface area contributed by atoms with E-state index in [4.69, 9.17) is 12.2 Å². The molecule has 1 amide bonds. The van der Waals surface area contributed by atoms with Crippen LogP contribution in [0.2, 0.25) is 0 Å². The number of piperazine rings is 1. The third-order valence-corrected chi connectivity index (χ3v) is 5.36. The van der Waals surface area contributed by atoms with E-state index in [9.17, 15) is 4.79 Å². The third kappa shape index (κ3) is 7.01. The number of amides is 1. The van der Waals surface area contributed by atoms with Gasteiger partial charge in [-0.2, -0.15) is 4.68 Å². The zero-order chi connectivity index (χ0) is 18.4. The summed E-state index contributed by atoms with van der Waals surface area (Å²) < 4.78 is 2.76. The summed E-state index contributed by atoms with van der Waals surface area (Å²) in [5, 5.41) is 11.8. The van der Waals surface area contributed by atoms with Crippen molar-refractivity contribution in [3.63, 3.8) is 0 Å². The van der Waals surface area contributed by atoms with Gasteiger partial charge in [0, 0.05) is 12.1 Å². The van der Waals surface area contributed by atoms with Gasteiger partial charge in [0.1, 0.15) is 26.2 Å². The fraction of sp³-hybridized carbons (Fsp3) is 0.812. The summed E-state index contributed by atoms with van der Waals surface area (Å²) >= 11 is 6.97. The van der Waals surface area contributed by atoms with E-state index in [1.807, 2.05) is 25.5 Å². The van der Waals surface area contributed by atoms with Gasteiger partial charge in [0.05, 0.1) is 0 Å². The number of hydrogen-bond acceptors (Lipinski definition) is 5. The van der Waals surface area contributed by atoms with Crippen molar-refractivity contribution < 1.29 is 14.6 Å². The lowest BCUT2D eigenvalue weighted by molar-refractivity contribution is -1.02. The maximum absolute atomic E-state index is 12.1. The fourth-order valence-electron chi connectivity index (χ4n) is 2.90. The molecule has 0 aliphatic carbocycles. The summed E-state index contributed by atoms with van der Waals surface area (Å²) in [6, 6.07) is 0. The van der Waals surface area contributed by atoms with Crippen LogP contribution in [0.4, 0.5) is 5.13 Å². The van der Waals surface area contributed by atoms with Crippen molar-refractivity contribution in [2.75, 3.05) is 44.6 Å². The minimum Gasteiger partial charge on any atom is -0.360 e. The quantitative estimate of drug-likeness (QED) is 0.460. The van der Waals surface area contributed by atoms with Gasteiger partial charge in [-0.1, -0.05) is 18.3 Å². The number of nitrogens with zero attached hydrogens (tertiary/aromatic N) is 2. The van der Waals surface area contributed by atoms with Crippen LogP contribution < -0.4 is 20.4 Å². The standard InChI is InChI=1S/C16H30N6OS2/c1-5-6-17-14-19-22(15(24)25-14)12-21-9-7-20(8-10-21)11-13(23)18-16(2,3)4/h5-12H2,1-4H3,(H,17,19)(H,18,23)/p+2. The van der Waals surface area contributed by atoms with E-state index >= 15 is 0 Å². The Bertz CT molecular complexity index is 613. The van der Waals surface area contributed by atoms with Gasteiger partial charge >= 0.3 is 0 Å². The van der Waals surface area contributed by atoms with Crippen LogP contribution in [-0.4, -0.2) is 60.5 Å². The molecule has 0 bridgehead atoms. The highest BCUT2D eigenvalue weighted by atomic mass is 32.1. The largest absolute Gasteiger partial charge is 0.360 e. The Balaban J connectivity index is 1.78. The lowest BCUT2D eigenvalue weighted by Crippen LogP contribution is -3.28. The first-order valence-electron chi connectivity index (χ1n) is 9.07. The third-order valence-electron chi connectivity index (χ3n) is 4.10. The molecular weight excluding hydrogens is 356 g/mol. The Morgan fingerprint density at radius 2 is 1.92 bits per heavy atom. The van der Waals surface area contributed by atoms with Crippen molar-refractivity contribution in [2.45, 2.75) is 46.3 Å². The van der Waals surface area contributed by atoms with Crippen molar-refractivity contribution in [3.8, 4) is 0 Å². The van der Waals surface area contributed by atoms with E-state index in [1.54, 1.807) is 11.3 Å². The van der Waals surface area contributed by atoms with Crippen LogP contribution in [0.1, 0.15) is 34.1 Å². The minimum atomic E-state index is -0.158. The second-order valence-electron chi connectivity index (χ2n) is 7.73. The first kappa shape index (κ1) is 20.3. The number of hydrogen-bond donors (Lipinski definition) is 4. The Morgan fingerprint density at radius 3 is 2.52 bits per heavy atom. The molecule has 2 rings (SSSR count). The monoisotopic (exact) mass is 388 g/mol. The molecule has 0 unspecified atom stereocenters. The van der Waals surface area contributed by atoms with Crippen molar-refractivity contribution in [1.82, 2.24) is 15.1 Å². The van der Waals surface area contributed by atoms with Crippen molar-refractivity contribution in [3.05, 3.63) is 3.95 Å². The van der Waals surface area contributed by atoms with Gasteiger partial charge in [-0.15, -0.1) is 5.10 Å². The molecule has 7 nitrogen and oxygen atoms in total. The Hall–Kier alpha value is -1.03. The Morgan fingerprint density at radius 1 is 1.28 bits per heavy atom. The molecule has 0 saturated carbocycles. The first-order chi connectivity index (χ1) is 11.8. The molecule has 0 aromatic carbocycles. The van der Waals surface area contributed by atoms with Gasteiger partial charge in [-0.25, -0.2) is 0 Å². The molecule has 1 aromatic rings. The normalized spacial score (nSPS) is 21.1. The van der Waals surface area contributed by atoms with E-state index in [0.717, 1.165) is 54.9 Å². The van der Waals surface area contributed by atoms with Gasteiger partial charge in [-0.05, 0) is 39.4 Å². The average Bonchev–Trinajstić information content (AvgIpc) is 2.85. The topological polar surface area (TPSA) is 67.8 Å². The van der Waals surface area contributed by atoms with Gasteiger partial charge in [-0.3, -0.25) is 4.79 Å². The van der Waals surface area contributed by atoms with Crippen LogP contribution in [0.5, 0.6) is 0 Å². The predicted molar refractivity (Wildman–Crippen MR) is 104 cm³/mol. The zero-order valence-electron chi connectivity index (χ0n) is 15.8. The molecule has 0 atom stereocenters. The second kappa shape index (κ2) is 9.07. The highest BCUT2D eigenvalue weighted by Crippen LogP contribution is 2.13. The van der Waals surface area contributed by atoms with E-state index in [0.29, 0.717) is 6.54 Å². The summed E-state index contributed by atoms with van der Waals surface area (Å²) in [4.78, 5) is 14.9. The fourth-order valence-corrected chi connectivity index (χ4v) is 3.93. The highest BCUT2D eigenvalue weighted by molar-refractivity contribution is 7.73. The highest BCUT2D eigenvalue weighted by Gasteiger charge is 2.26. The molecule has 1 aliphatic rings. The lowest BCUT2D eigenvalue weighted by atomic mass is 10.1. The van der Waals surface area contributed by atoms with Crippen molar-refractivity contribution in [2.24, 2.45) is 0 Å². The number of nitrogens with one attached hydrogen (secondary N) is 4. The average molecular weight is 389 g/mol. The number of carbonyl (C=O) groups is 1. The SMILES string of the molecule is CCCNc1nn(C[NH+]2CC[NH+](CC(=O)NC(C)(C)C)CC2)c(=S)s1. The molecule has 25 heavy (non-hydrogen) atoms. The van der Waals surface area contributed by atoms with E-state index < -0.39 is 0 Å². The van der Waals surface area contributed by atoms with Crippen LogP contribution >= 0.6 is 23.6 Å². The van der Waals surface area contributed by atoms with E-state index in [-0.39, 0.29) is 11.4 Å². The maximum Gasteiger partial charge on any atom is 0.275 e. The second-order valence-corrected chi connectivity index (χ2v) is 9.36. The van der Waals surface area contributed by atoms with Crippen LogP contribution in [0.15, 0.2) is 0 Å². The molecule has 2 heterocycles. The Labute approximate surface area is 159 Å². The molecule has 1 saturated heterocycles. The van der Waals surface area contributed by atoms with Gasteiger partial charge in [0.15, 0.2) is 17.2 Å². The maximum atomic E-state index is 12.1. The van der Waals surface area contributed by atoms with Gasteiger partial charge in [0.2, 0.25) is 5.13 Å². The molecular formula is C16H32N6OS2+2. The molecule has 1 aromatic heterocycles. The smallest absolute Gasteiger partial charge is 0.275 e. The number of rotatable bonds is 7. The Kier molecular flexibility index (Phi) is 7.36. The lowest BCUT2D eigenvalue weighted by Gasteiger charge is -2.30. The minimum absolute atomic E-state index is 0.138. The van der Waals surface area contributed by atoms with Crippen LogP contribution in [-0.2, 0) is 11.5 Å². The molecule has 0 spiro atoms. The van der Waals surface area contributed by atoms with Crippen LogP contribution in [0.3, 0.4) is 0 Å². The number of anilines is 1. The first-order valence-corrected chi connectivity index (χ1v) is 10.3. The molecule has 1 fully saturated rings. The number of aromatic nitrogens is 2. The van der Waals surface area contributed by atoms with Crippen LogP contribution in [0, 0.1) is 3.95 Å². The summed E-state index contributed by atoms with van der Waals surface area (Å²) in [7, 11) is 0. The van der Waals surface area contributed by atoms with Gasteiger partial charge in [0.25, 0.3) is 5.91 Å². The molecule has 9 heteroatoms.